The largest absolute Gasteiger partial charge is 0.481 e. The second kappa shape index (κ2) is 7.77. The van der Waals surface area contributed by atoms with Crippen LogP contribution >= 0.6 is 0 Å². The number of carbonyl (C=O) groups is 1. The summed E-state index contributed by atoms with van der Waals surface area (Å²) >= 11 is 0. The van der Waals surface area contributed by atoms with Crippen molar-refractivity contribution in [2.75, 3.05) is 7.11 Å². The van der Waals surface area contributed by atoms with Crippen LogP contribution in [0.2, 0.25) is 0 Å². The van der Waals surface area contributed by atoms with E-state index in [-0.39, 0.29) is 11.9 Å². The first-order valence-electron chi connectivity index (χ1n) is 6.83. The highest BCUT2D eigenvalue weighted by molar-refractivity contribution is 5.94. The zero-order valence-electron chi connectivity index (χ0n) is 12.3. The van der Waals surface area contributed by atoms with Crippen molar-refractivity contribution in [3.63, 3.8) is 0 Å². The normalized spacial score (nSPS) is 12.3. The van der Waals surface area contributed by atoms with Crippen LogP contribution in [0.4, 0.5) is 0 Å². The number of aromatic nitrogens is 1. The Morgan fingerprint density at radius 1 is 1.32 bits per heavy atom. The van der Waals surface area contributed by atoms with Gasteiger partial charge in [0.15, 0.2) is 0 Å². The monoisotopic (exact) mass is 264 g/mol. The second-order valence-corrected chi connectivity index (χ2v) is 5.29. The highest BCUT2D eigenvalue weighted by atomic mass is 16.5. The van der Waals surface area contributed by atoms with Gasteiger partial charge in [-0.05, 0) is 25.3 Å². The smallest absolute Gasteiger partial charge is 0.253 e. The maximum Gasteiger partial charge on any atom is 0.253 e. The van der Waals surface area contributed by atoms with E-state index < -0.39 is 0 Å². The summed E-state index contributed by atoms with van der Waals surface area (Å²) in [6.07, 6.45) is 4.88. The fraction of sp³-hybridized carbons (Fsp3) is 0.600. The van der Waals surface area contributed by atoms with Gasteiger partial charge in [-0.2, -0.15) is 0 Å². The summed E-state index contributed by atoms with van der Waals surface area (Å²) in [5, 5.41) is 2.99. The summed E-state index contributed by atoms with van der Waals surface area (Å²) < 4.78 is 4.96. The van der Waals surface area contributed by atoms with Crippen LogP contribution in [0.1, 0.15) is 50.4 Å². The van der Waals surface area contributed by atoms with Crippen molar-refractivity contribution < 1.29 is 9.53 Å². The van der Waals surface area contributed by atoms with Gasteiger partial charge in [-0.25, -0.2) is 4.98 Å². The third-order valence-electron chi connectivity index (χ3n) is 3.00. The van der Waals surface area contributed by atoms with Crippen LogP contribution in [0, 0.1) is 5.92 Å². The number of nitrogens with zero attached hydrogens (tertiary/aromatic N) is 1. The van der Waals surface area contributed by atoms with Gasteiger partial charge >= 0.3 is 0 Å². The predicted molar refractivity (Wildman–Crippen MR) is 76.4 cm³/mol. The van der Waals surface area contributed by atoms with E-state index in [1.807, 2.05) is 6.92 Å². The number of carbonyl (C=O) groups excluding carboxylic acids is 1. The van der Waals surface area contributed by atoms with Crippen LogP contribution in [-0.4, -0.2) is 24.0 Å². The van der Waals surface area contributed by atoms with E-state index in [1.165, 1.54) is 12.6 Å². The summed E-state index contributed by atoms with van der Waals surface area (Å²) in [6, 6.07) is 3.61. The van der Waals surface area contributed by atoms with Gasteiger partial charge in [0.1, 0.15) is 0 Å². The lowest BCUT2D eigenvalue weighted by Gasteiger charge is -2.14. The number of amides is 1. The molecule has 106 valence electrons. The van der Waals surface area contributed by atoms with E-state index in [0.29, 0.717) is 17.4 Å². The lowest BCUT2D eigenvalue weighted by Crippen LogP contribution is -2.32. The number of ether oxygens (including phenoxy) is 1. The summed E-state index contributed by atoms with van der Waals surface area (Å²) in [7, 11) is 1.55. The minimum Gasteiger partial charge on any atom is -0.481 e. The number of pyridine rings is 1. The van der Waals surface area contributed by atoms with Gasteiger partial charge in [-0.1, -0.05) is 26.7 Å². The van der Waals surface area contributed by atoms with Crippen molar-refractivity contribution in [2.24, 2.45) is 5.92 Å². The standard InChI is InChI=1S/C15H24N2O2/c1-11(2)6-5-7-12(3)17-15(18)13-8-9-14(19-4)16-10-13/h8-12H,5-7H2,1-4H3,(H,17,18). The van der Waals surface area contributed by atoms with E-state index in [4.69, 9.17) is 4.74 Å². The molecule has 4 nitrogen and oxygen atoms in total. The van der Waals surface area contributed by atoms with Crippen molar-refractivity contribution >= 4 is 5.91 Å². The van der Waals surface area contributed by atoms with E-state index in [2.05, 4.69) is 24.1 Å². The molecule has 4 heteroatoms. The molecule has 1 N–H and O–H groups in total. The Kier molecular flexibility index (Phi) is 6.33. The van der Waals surface area contributed by atoms with Gasteiger partial charge in [0.05, 0.1) is 12.7 Å². The lowest BCUT2D eigenvalue weighted by atomic mass is 10.0. The maximum atomic E-state index is 12.0. The van der Waals surface area contributed by atoms with Crippen LogP contribution in [0.5, 0.6) is 5.88 Å². The first kappa shape index (κ1) is 15.5. The van der Waals surface area contributed by atoms with Gasteiger partial charge in [0.2, 0.25) is 5.88 Å². The number of rotatable bonds is 7. The van der Waals surface area contributed by atoms with Crippen molar-refractivity contribution in [3.05, 3.63) is 23.9 Å². The maximum absolute atomic E-state index is 12.0. The summed E-state index contributed by atoms with van der Waals surface area (Å²) in [5.41, 5.74) is 0.566. The highest BCUT2D eigenvalue weighted by Gasteiger charge is 2.10. The number of nitrogens with one attached hydrogen (secondary N) is 1. The second-order valence-electron chi connectivity index (χ2n) is 5.29. The minimum atomic E-state index is -0.0767. The minimum absolute atomic E-state index is 0.0767. The van der Waals surface area contributed by atoms with Crippen molar-refractivity contribution in [1.82, 2.24) is 10.3 Å². The molecule has 0 saturated carbocycles. The van der Waals surface area contributed by atoms with Crippen molar-refractivity contribution in [1.29, 1.82) is 0 Å². The van der Waals surface area contributed by atoms with Gasteiger partial charge in [0, 0.05) is 18.3 Å². The van der Waals surface area contributed by atoms with E-state index >= 15 is 0 Å². The number of methoxy groups -OCH3 is 1. The molecule has 0 aliphatic rings. The molecule has 0 aromatic carbocycles. The van der Waals surface area contributed by atoms with Crippen LogP contribution in [-0.2, 0) is 0 Å². The molecule has 1 atom stereocenters. The molecule has 1 aromatic rings. The number of hydrogen-bond acceptors (Lipinski definition) is 3. The molecule has 0 saturated heterocycles. The molecule has 19 heavy (non-hydrogen) atoms. The third kappa shape index (κ3) is 5.73. The Labute approximate surface area is 115 Å². The Balaban J connectivity index is 2.40. The topological polar surface area (TPSA) is 51.2 Å². The number of hydrogen-bond donors (Lipinski definition) is 1. The molecule has 1 aromatic heterocycles. The van der Waals surface area contributed by atoms with Gasteiger partial charge < -0.3 is 10.1 Å². The van der Waals surface area contributed by atoms with Crippen LogP contribution in [0.25, 0.3) is 0 Å². The molecule has 1 unspecified atom stereocenters. The van der Waals surface area contributed by atoms with Gasteiger partial charge in [-0.15, -0.1) is 0 Å². The molecule has 0 aliphatic carbocycles. The molecule has 0 fully saturated rings. The summed E-state index contributed by atoms with van der Waals surface area (Å²) in [4.78, 5) is 16.0. The van der Waals surface area contributed by atoms with Crippen molar-refractivity contribution in [2.45, 2.75) is 46.1 Å². The Hall–Kier alpha value is -1.58. The zero-order chi connectivity index (χ0) is 14.3. The molecule has 1 heterocycles. The average molecular weight is 264 g/mol. The van der Waals surface area contributed by atoms with Crippen LogP contribution in [0.3, 0.4) is 0 Å². The van der Waals surface area contributed by atoms with E-state index in [1.54, 1.807) is 19.2 Å². The Morgan fingerprint density at radius 2 is 2.05 bits per heavy atom. The quantitative estimate of drug-likeness (QED) is 0.823. The molecular weight excluding hydrogens is 240 g/mol. The Bertz CT molecular complexity index is 388. The molecule has 0 radical (unpaired) electrons. The fourth-order valence-corrected chi connectivity index (χ4v) is 1.85. The predicted octanol–water partition coefficient (Wildman–Crippen LogP) is 3.03. The summed E-state index contributed by atoms with van der Waals surface area (Å²) in [5.74, 6) is 1.16. The first-order valence-corrected chi connectivity index (χ1v) is 6.83. The van der Waals surface area contributed by atoms with Crippen LogP contribution in [0.15, 0.2) is 18.3 Å². The molecular formula is C15H24N2O2. The Morgan fingerprint density at radius 3 is 2.58 bits per heavy atom. The molecule has 1 rings (SSSR count). The highest BCUT2D eigenvalue weighted by Crippen LogP contribution is 2.10. The van der Waals surface area contributed by atoms with E-state index in [0.717, 1.165) is 12.8 Å². The zero-order valence-corrected chi connectivity index (χ0v) is 12.3. The fourth-order valence-electron chi connectivity index (χ4n) is 1.85. The average Bonchev–Trinajstić information content (AvgIpc) is 2.38. The van der Waals surface area contributed by atoms with Crippen molar-refractivity contribution in [3.8, 4) is 5.88 Å². The van der Waals surface area contributed by atoms with Crippen LogP contribution < -0.4 is 10.1 Å². The third-order valence-corrected chi connectivity index (χ3v) is 3.00. The lowest BCUT2D eigenvalue weighted by molar-refractivity contribution is 0.0937. The SMILES string of the molecule is COc1ccc(C(=O)NC(C)CCCC(C)C)cn1. The first-order chi connectivity index (χ1) is 9.02. The molecule has 0 aliphatic heterocycles. The summed E-state index contributed by atoms with van der Waals surface area (Å²) in [6.45, 7) is 6.47. The molecule has 0 spiro atoms. The van der Waals surface area contributed by atoms with E-state index in [9.17, 15) is 4.79 Å². The molecule has 1 amide bonds. The molecule has 0 bridgehead atoms. The van der Waals surface area contributed by atoms with Gasteiger partial charge in [-0.3, -0.25) is 4.79 Å². The van der Waals surface area contributed by atoms with Gasteiger partial charge in [0.25, 0.3) is 5.91 Å².